The SMILES string of the molecule is Cc1cccc(OCC(O)CNC(=O)c2ccc(S(=O)(=O)Nc3ccc(Cl)cc3)cc2)c1. The Morgan fingerprint density at radius 2 is 1.75 bits per heavy atom. The molecule has 0 aliphatic rings. The minimum Gasteiger partial charge on any atom is -0.491 e. The first-order valence-electron chi connectivity index (χ1n) is 9.77. The Balaban J connectivity index is 1.52. The Morgan fingerprint density at radius 1 is 1.06 bits per heavy atom. The number of aliphatic hydroxyl groups is 1. The first kappa shape index (κ1) is 23.6. The maximum atomic E-state index is 12.5. The Hall–Kier alpha value is -3.07. The molecule has 0 aliphatic carbocycles. The second kappa shape index (κ2) is 10.5. The van der Waals surface area contributed by atoms with Gasteiger partial charge in [-0.1, -0.05) is 23.7 Å². The highest BCUT2D eigenvalue weighted by Gasteiger charge is 2.16. The van der Waals surface area contributed by atoms with Crippen molar-refractivity contribution < 1.29 is 23.1 Å². The van der Waals surface area contributed by atoms with Crippen molar-refractivity contribution in [2.45, 2.75) is 17.9 Å². The van der Waals surface area contributed by atoms with Crippen LogP contribution in [0.15, 0.2) is 77.7 Å². The van der Waals surface area contributed by atoms with E-state index < -0.39 is 22.0 Å². The molecule has 9 heteroatoms. The fourth-order valence-corrected chi connectivity index (χ4v) is 3.97. The Labute approximate surface area is 192 Å². The lowest BCUT2D eigenvalue weighted by atomic mass is 10.2. The highest BCUT2D eigenvalue weighted by atomic mass is 35.5. The van der Waals surface area contributed by atoms with Gasteiger partial charge in [0.25, 0.3) is 15.9 Å². The molecule has 1 atom stereocenters. The second-order valence-electron chi connectivity index (χ2n) is 7.13. The first-order chi connectivity index (χ1) is 15.2. The van der Waals surface area contributed by atoms with Crippen LogP contribution in [0.2, 0.25) is 5.02 Å². The lowest BCUT2D eigenvalue weighted by Gasteiger charge is -2.14. The Morgan fingerprint density at radius 3 is 2.41 bits per heavy atom. The third kappa shape index (κ3) is 6.71. The fourth-order valence-electron chi connectivity index (χ4n) is 2.79. The van der Waals surface area contributed by atoms with Crippen molar-refractivity contribution in [1.82, 2.24) is 5.32 Å². The van der Waals surface area contributed by atoms with Crippen LogP contribution >= 0.6 is 11.6 Å². The van der Waals surface area contributed by atoms with Gasteiger partial charge in [-0.3, -0.25) is 9.52 Å². The summed E-state index contributed by atoms with van der Waals surface area (Å²) in [7, 11) is -3.81. The molecular formula is C23H23ClN2O5S. The summed E-state index contributed by atoms with van der Waals surface area (Å²) in [4.78, 5) is 12.3. The number of sulfonamides is 1. The lowest BCUT2D eigenvalue weighted by Crippen LogP contribution is -2.35. The van der Waals surface area contributed by atoms with Crippen LogP contribution in [0.5, 0.6) is 5.75 Å². The van der Waals surface area contributed by atoms with Crippen LogP contribution in [0.4, 0.5) is 5.69 Å². The zero-order chi connectivity index (χ0) is 23.1. The zero-order valence-corrected chi connectivity index (χ0v) is 18.9. The van der Waals surface area contributed by atoms with Crippen molar-refractivity contribution in [1.29, 1.82) is 0 Å². The molecule has 7 nitrogen and oxygen atoms in total. The van der Waals surface area contributed by atoms with E-state index in [2.05, 4.69) is 10.0 Å². The number of carbonyl (C=O) groups excluding carboxylic acids is 1. The van der Waals surface area contributed by atoms with Gasteiger partial charge in [0.1, 0.15) is 18.5 Å². The number of aryl methyl sites for hydroxylation is 1. The van der Waals surface area contributed by atoms with Crippen LogP contribution in [0.3, 0.4) is 0 Å². The summed E-state index contributed by atoms with van der Waals surface area (Å²) in [6.45, 7) is 1.95. The third-order valence-electron chi connectivity index (χ3n) is 4.45. The highest BCUT2D eigenvalue weighted by molar-refractivity contribution is 7.92. The number of rotatable bonds is 9. The molecule has 0 radical (unpaired) electrons. The summed E-state index contributed by atoms with van der Waals surface area (Å²) in [5, 5.41) is 13.1. The van der Waals surface area contributed by atoms with Crippen molar-refractivity contribution >= 4 is 33.2 Å². The van der Waals surface area contributed by atoms with Gasteiger partial charge in [0, 0.05) is 22.8 Å². The predicted octanol–water partition coefficient (Wildman–Crippen LogP) is 3.62. The molecule has 0 saturated heterocycles. The fraction of sp³-hybridized carbons (Fsp3) is 0.174. The third-order valence-corrected chi connectivity index (χ3v) is 6.10. The van der Waals surface area contributed by atoms with Crippen molar-refractivity contribution in [3.63, 3.8) is 0 Å². The minimum absolute atomic E-state index is 0.00980. The molecule has 3 rings (SSSR count). The lowest BCUT2D eigenvalue weighted by molar-refractivity contribution is 0.0843. The highest BCUT2D eigenvalue weighted by Crippen LogP contribution is 2.19. The van der Waals surface area contributed by atoms with E-state index in [0.29, 0.717) is 16.5 Å². The van der Waals surface area contributed by atoms with Gasteiger partial charge >= 0.3 is 0 Å². The van der Waals surface area contributed by atoms with E-state index >= 15 is 0 Å². The van der Waals surface area contributed by atoms with E-state index in [1.165, 1.54) is 24.3 Å². The molecule has 0 aromatic heterocycles. The number of hydrogen-bond acceptors (Lipinski definition) is 5. The summed E-state index contributed by atoms with van der Waals surface area (Å²) in [6.07, 6.45) is -0.900. The zero-order valence-electron chi connectivity index (χ0n) is 17.3. The molecule has 0 bridgehead atoms. The minimum atomic E-state index is -3.81. The van der Waals surface area contributed by atoms with E-state index in [1.807, 2.05) is 25.1 Å². The number of halogens is 1. The molecule has 0 heterocycles. The van der Waals surface area contributed by atoms with E-state index in [1.54, 1.807) is 30.3 Å². The van der Waals surface area contributed by atoms with Crippen LogP contribution < -0.4 is 14.8 Å². The van der Waals surface area contributed by atoms with Crippen LogP contribution in [0.25, 0.3) is 0 Å². The normalized spacial score (nSPS) is 12.1. The smallest absolute Gasteiger partial charge is 0.261 e. The molecule has 0 spiro atoms. The summed E-state index contributed by atoms with van der Waals surface area (Å²) < 4.78 is 33.0. The van der Waals surface area contributed by atoms with Crippen LogP contribution in [0, 0.1) is 6.92 Å². The van der Waals surface area contributed by atoms with Crippen LogP contribution in [0.1, 0.15) is 15.9 Å². The molecule has 0 aliphatic heterocycles. The molecule has 1 unspecified atom stereocenters. The number of nitrogens with one attached hydrogen (secondary N) is 2. The number of carbonyl (C=O) groups is 1. The van der Waals surface area contributed by atoms with Gasteiger partial charge in [0.15, 0.2) is 0 Å². The average molecular weight is 475 g/mol. The number of aliphatic hydroxyl groups excluding tert-OH is 1. The summed E-state index contributed by atoms with van der Waals surface area (Å²) in [5.74, 6) is 0.202. The quantitative estimate of drug-likeness (QED) is 0.439. The molecule has 3 aromatic rings. The topological polar surface area (TPSA) is 105 Å². The number of benzene rings is 3. The summed E-state index contributed by atoms with van der Waals surface area (Å²) in [6, 6.07) is 19.2. The van der Waals surface area contributed by atoms with Gasteiger partial charge in [0.2, 0.25) is 0 Å². The molecular weight excluding hydrogens is 452 g/mol. The molecule has 1 amide bonds. The molecule has 32 heavy (non-hydrogen) atoms. The van der Waals surface area contributed by atoms with Gasteiger partial charge in [-0.15, -0.1) is 0 Å². The van der Waals surface area contributed by atoms with Crippen molar-refractivity contribution in [3.05, 3.63) is 88.9 Å². The van der Waals surface area contributed by atoms with E-state index in [-0.39, 0.29) is 23.6 Å². The number of anilines is 1. The maximum absolute atomic E-state index is 12.5. The van der Waals surface area contributed by atoms with Crippen molar-refractivity contribution in [2.75, 3.05) is 17.9 Å². The summed E-state index contributed by atoms with van der Waals surface area (Å²) in [5.41, 5.74) is 1.68. The van der Waals surface area contributed by atoms with Crippen LogP contribution in [-0.2, 0) is 10.0 Å². The maximum Gasteiger partial charge on any atom is 0.261 e. The van der Waals surface area contributed by atoms with Crippen molar-refractivity contribution in [2.24, 2.45) is 0 Å². The standard InChI is InChI=1S/C23H23ClN2O5S/c1-16-3-2-4-21(13-16)31-15-20(27)14-25-23(28)17-5-11-22(12-6-17)32(29,30)26-19-9-7-18(24)8-10-19/h2-13,20,26-27H,14-15H2,1H3,(H,25,28). The predicted molar refractivity (Wildman–Crippen MR) is 124 cm³/mol. The molecule has 0 fully saturated rings. The molecule has 3 aromatic carbocycles. The van der Waals surface area contributed by atoms with E-state index in [0.717, 1.165) is 5.56 Å². The van der Waals surface area contributed by atoms with E-state index in [4.69, 9.17) is 16.3 Å². The Bertz CT molecular complexity index is 1170. The second-order valence-corrected chi connectivity index (χ2v) is 9.25. The van der Waals surface area contributed by atoms with Crippen molar-refractivity contribution in [3.8, 4) is 5.75 Å². The molecule has 168 valence electrons. The van der Waals surface area contributed by atoms with Gasteiger partial charge in [-0.05, 0) is 73.2 Å². The monoisotopic (exact) mass is 474 g/mol. The van der Waals surface area contributed by atoms with Gasteiger partial charge in [0.05, 0.1) is 4.90 Å². The van der Waals surface area contributed by atoms with Gasteiger partial charge in [-0.25, -0.2) is 8.42 Å². The average Bonchev–Trinajstić information content (AvgIpc) is 2.77. The first-order valence-corrected chi connectivity index (χ1v) is 11.6. The number of amides is 1. The van der Waals surface area contributed by atoms with E-state index in [9.17, 15) is 18.3 Å². The largest absolute Gasteiger partial charge is 0.491 e. The summed E-state index contributed by atoms with van der Waals surface area (Å²) >= 11 is 5.81. The number of ether oxygens (including phenoxy) is 1. The van der Waals surface area contributed by atoms with Crippen LogP contribution in [-0.4, -0.2) is 38.7 Å². The molecule has 0 saturated carbocycles. The Kier molecular flexibility index (Phi) is 7.74. The van der Waals surface area contributed by atoms with Gasteiger partial charge < -0.3 is 15.2 Å². The van der Waals surface area contributed by atoms with Gasteiger partial charge in [-0.2, -0.15) is 0 Å². The molecule has 3 N–H and O–H groups in total. The number of hydrogen-bond donors (Lipinski definition) is 3.